The Morgan fingerprint density at radius 1 is 1.10 bits per heavy atom. The number of nitrogens with zero attached hydrogens (tertiary/aromatic N) is 1. The molecule has 3 rings (SSSR count). The molecule has 104 valence electrons. The Hall–Kier alpha value is -1.80. The highest BCUT2D eigenvalue weighted by molar-refractivity contribution is 5.71. The van der Waals surface area contributed by atoms with Crippen LogP contribution in [-0.4, -0.2) is 11.7 Å². The van der Waals surface area contributed by atoms with Gasteiger partial charge in [0.1, 0.15) is 0 Å². The molecule has 0 fully saturated rings. The van der Waals surface area contributed by atoms with Gasteiger partial charge >= 0.3 is 0 Å². The Morgan fingerprint density at radius 2 is 1.90 bits per heavy atom. The molecule has 0 saturated carbocycles. The first kappa shape index (κ1) is 13.2. The highest BCUT2D eigenvalue weighted by atomic mass is 16.3. The van der Waals surface area contributed by atoms with Crippen molar-refractivity contribution in [2.45, 2.75) is 32.8 Å². The van der Waals surface area contributed by atoms with E-state index in [4.69, 9.17) is 0 Å². The Kier molecular flexibility index (Phi) is 3.49. The fraction of sp³-hybridized carbons (Fsp3) is 0.333. The zero-order chi connectivity index (χ0) is 14.1. The van der Waals surface area contributed by atoms with E-state index in [-0.39, 0.29) is 0 Å². The zero-order valence-electron chi connectivity index (χ0n) is 12.1. The van der Waals surface area contributed by atoms with Crippen LogP contribution in [-0.2, 0) is 6.42 Å². The third-order valence-corrected chi connectivity index (χ3v) is 4.03. The standard InChI is InChI=1S/C18H21NO/c1-13-9-10-17-15(12-13)6-5-11-19(17)18-8-4-3-7-16(18)14(2)20/h3-4,7-10,12,14,20H,5-6,11H2,1-2H3. The topological polar surface area (TPSA) is 23.5 Å². The van der Waals surface area contributed by atoms with Crippen LogP contribution in [0.2, 0.25) is 0 Å². The second-order valence-corrected chi connectivity index (χ2v) is 5.62. The molecule has 1 atom stereocenters. The Morgan fingerprint density at radius 3 is 2.70 bits per heavy atom. The number of para-hydroxylation sites is 1. The molecule has 0 radical (unpaired) electrons. The molecule has 1 N–H and O–H groups in total. The first-order valence-corrected chi connectivity index (χ1v) is 7.31. The number of hydrogen-bond acceptors (Lipinski definition) is 2. The van der Waals surface area contributed by atoms with Gasteiger partial charge in [-0.1, -0.05) is 35.9 Å². The van der Waals surface area contributed by atoms with Gasteiger partial charge in [0.15, 0.2) is 0 Å². The number of aryl methyl sites for hydroxylation is 2. The predicted molar refractivity (Wildman–Crippen MR) is 83.6 cm³/mol. The monoisotopic (exact) mass is 267 g/mol. The highest BCUT2D eigenvalue weighted by Gasteiger charge is 2.21. The Balaban J connectivity index is 2.09. The Bertz CT molecular complexity index is 619. The minimum absolute atomic E-state index is 0.443. The summed E-state index contributed by atoms with van der Waals surface area (Å²) in [6.45, 7) is 4.99. The lowest BCUT2D eigenvalue weighted by Gasteiger charge is -2.33. The molecule has 0 bridgehead atoms. The summed E-state index contributed by atoms with van der Waals surface area (Å²) in [6.07, 6.45) is 1.86. The molecule has 0 amide bonds. The second kappa shape index (κ2) is 5.29. The number of rotatable bonds is 2. The van der Waals surface area contributed by atoms with Crippen molar-refractivity contribution in [2.75, 3.05) is 11.4 Å². The number of fused-ring (bicyclic) bond motifs is 1. The molecule has 20 heavy (non-hydrogen) atoms. The molecular formula is C18H21NO. The second-order valence-electron chi connectivity index (χ2n) is 5.62. The van der Waals surface area contributed by atoms with Gasteiger partial charge < -0.3 is 10.0 Å². The summed E-state index contributed by atoms with van der Waals surface area (Å²) >= 11 is 0. The van der Waals surface area contributed by atoms with Crippen molar-refractivity contribution in [3.05, 3.63) is 59.2 Å². The van der Waals surface area contributed by atoms with Gasteiger partial charge in [-0.25, -0.2) is 0 Å². The maximum Gasteiger partial charge on any atom is 0.0782 e. The molecule has 1 unspecified atom stereocenters. The van der Waals surface area contributed by atoms with E-state index in [1.165, 1.54) is 16.8 Å². The van der Waals surface area contributed by atoms with E-state index < -0.39 is 6.10 Å². The summed E-state index contributed by atoms with van der Waals surface area (Å²) in [7, 11) is 0. The predicted octanol–water partition coefficient (Wildman–Crippen LogP) is 4.13. The molecule has 1 aliphatic heterocycles. The van der Waals surface area contributed by atoms with Gasteiger partial charge in [0.05, 0.1) is 6.10 Å². The first-order valence-electron chi connectivity index (χ1n) is 7.31. The van der Waals surface area contributed by atoms with Gasteiger partial charge in [-0.3, -0.25) is 0 Å². The lowest BCUT2D eigenvalue weighted by Crippen LogP contribution is -2.25. The van der Waals surface area contributed by atoms with Crippen molar-refractivity contribution in [1.82, 2.24) is 0 Å². The van der Waals surface area contributed by atoms with E-state index in [1.807, 2.05) is 25.1 Å². The summed E-state index contributed by atoms with van der Waals surface area (Å²) in [4.78, 5) is 2.35. The minimum atomic E-state index is -0.443. The van der Waals surface area contributed by atoms with E-state index in [2.05, 4.69) is 36.1 Å². The third-order valence-electron chi connectivity index (χ3n) is 4.03. The number of hydrogen-bond donors (Lipinski definition) is 1. The normalized spacial score (nSPS) is 15.8. The van der Waals surface area contributed by atoms with Crippen LogP contribution in [0.1, 0.15) is 36.1 Å². The Labute approximate surface area is 120 Å². The first-order chi connectivity index (χ1) is 9.66. The molecule has 2 nitrogen and oxygen atoms in total. The number of aliphatic hydroxyl groups excluding tert-OH is 1. The van der Waals surface area contributed by atoms with E-state index in [1.54, 1.807) is 0 Å². The molecule has 2 heteroatoms. The van der Waals surface area contributed by atoms with Crippen molar-refractivity contribution in [2.24, 2.45) is 0 Å². The van der Waals surface area contributed by atoms with Crippen molar-refractivity contribution >= 4 is 11.4 Å². The van der Waals surface area contributed by atoms with Gasteiger partial charge in [0, 0.05) is 23.5 Å². The summed E-state index contributed by atoms with van der Waals surface area (Å²) < 4.78 is 0. The van der Waals surface area contributed by atoms with Crippen molar-refractivity contribution in [1.29, 1.82) is 0 Å². The largest absolute Gasteiger partial charge is 0.389 e. The highest BCUT2D eigenvalue weighted by Crippen LogP contribution is 2.37. The molecular weight excluding hydrogens is 246 g/mol. The van der Waals surface area contributed by atoms with Crippen LogP contribution < -0.4 is 4.90 Å². The quantitative estimate of drug-likeness (QED) is 0.884. The maximum atomic E-state index is 10.0. The van der Waals surface area contributed by atoms with Gasteiger partial charge in [-0.2, -0.15) is 0 Å². The van der Waals surface area contributed by atoms with Crippen molar-refractivity contribution in [3.8, 4) is 0 Å². The molecule has 0 saturated heterocycles. The number of benzene rings is 2. The fourth-order valence-corrected chi connectivity index (χ4v) is 3.06. The average molecular weight is 267 g/mol. The lowest BCUT2D eigenvalue weighted by atomic mass is 9.97. The van der Waals surface area contributed by atoms with Crippen LogP contribution in [0.3, 0.4) is 0 Å². The summed E-state index contributed by atoms with van der Waals surface area (Å²) in [5.74, 6) is 0. The zero-order valence-corrected chi connectivity index (χ0v) is 12.1. The van der Waals surface area contributed by atoms with Crippen LogP contribution in [0.5, 0.6) is 0 Å². The van der Waals surface area contributed by atoms with E-state index in [0.717, 1.165) is 30.6 Å². The molecule has 0 aliphatic carbocycles. The molecule has 1 aliphatic rings. The summed E-state index contributed by atoms with van der Waals surface area (Å²) in [5, 5.41) is 10.0. The van der Waals surface area contributed by atoms with Gasteiger partial charge in [-0.15, -0.1) is 0 Å². The third kappa shape index (κ3) is 2.32. The van der Waals surface area contributed by atoms with E-state index >= 15 is 0 Å². The van der Waals surface area contributed by atoms with Crippen molar-refractivity contribution in [3.63, 3.8) is 0 Å². The van der Waals surface area contributed by atoms with Crippen LogP contribution in [0.15, 0.2) is 42.5 Å². The summed E-state index contributed by atoms with van der Waals surface area (Å²) in [6, 6.07) is 14.8. The van der Waals surface area contributed by atoms with Crippen molar-refractivity contribution < 1.29 is 5.11 Å². The molecule has 0 aromatic heterocycles. The maximum absolute atomic E-state index is 10.0. The molecule has 2 aromatic carbocycles. The smallest absolute Gasteiger partial charge is 0.0782 e. The molecule has 1 heterocycles. The van der Waals surface area contributed by atoms with Crippen LogP contribution >= 0.6 is 0 Å². The van der Waals surface area contributed by atoms with Crippen LogP contribution in [0.25, 0.3) is 0 Å². The van der Waals surface area contributed by atoms with Crippen LogP contribution in [0, 0.1) is 6.92 Å². The number of anilines is 2. The lowest BCUT2D eigenvalue weighted by molar-refractivity contribution is 0.199. The fourth-order valence-electron chi connectivity index (χ4n) is 3.06. The van der Waals surface area contributed by atoms with Crippen LogP contribution in [0.4, 0.5) is 11.4 Å². The van der Waals surface area contributed by atoms with Gasteiger partial charge in [-0.05, 0) is 44.4 Å². The average Bonchev–Trinajstić information content (AvgIpc) is 2.46. The SMILES string of the molecule is Cc1ccc2c(c1)CCCN2c1ccccc1C(C)O. The van der Waals surface area contributed by atoms with Gasteiger partial charge in [0.25, 0.3) is 0 Å². The molecule has 2 aromatic rings. The summed E-state index contributed by atoms with van der Waals surface area (Å²) in [5.41, 5.74) is 6.15. The van der Waals surface area contributed by atoms with Gasteiger partial charge in [0.2, 0.25) is 0 Å². The minimum Gasteiger partial charge on any atom is -0.389 e. The number of aliphatic hydroxyl groups is 1. The van der Waals surface area contributed by atoms with E-state index in [9.17, 15) is 5.11 Å². The molecule has 0 spiro atoms. The van der Waals surface area contributed by atoms with E-state index in [0.29, 0.717) is 0 Å².